The molecule has 0 bridgehead atoms. The average molecular weight is 361 g/mol. The Morgan fingerprint density at radius 3 is 2.92 bits per heavy atom. The van der Waals surface area contributed by atoms with Gasteiger partial charge in [-0.25, -0.2) is 0 Å². The van der Waals surface area contributed by atoms with Gasteiger partial charge in [0, 0.05) is 17.6 Å². The van der Waals surface area contributed by atoms with Gasteiger partial charge in [-0.15, -0.1) is 11.3 Å². The van der Waals surface area contributed by atoms with Crippen LogP contribution in [-0.4, -0.2) is 34.6 Å². The van der Waals surface area contributed by atoms with Crippen LogP contribution in [-0.2, 0) is 9.53 Å². The molecule has 0 saturated carbocycles. The van der Waals surface area contributed by atoms with Crippen molar-refractivity contribution in [2.45, 2.75) is 25.4 Å². The molecule has 2 aromatic heterocycles. The van der Waals surface area contributed by atoms with E-state index in [0.29, 0.717) is 18.1 Å². The number of rotatable bonds is 5. The fraction of sp³-hybridized carbons (Fsp3) is 0.353. The van der Waals surface area contributed by atoms with Gasteiger partial charge in [0.2, 0.25) is 0 Å². The van der Waals surface area contributed by atoms with Crippen molar-refractivity contribution in [3.63, 3.8) is 0 Å². The van der Waals surface area contributed by atoms with Gasteiger partial charge in [-0.2, -0.15) is 0 Å². The molecule has 1 aliphatic rings. The van der Waals surface area contributed by atoms with Crippen molar-refractivity contribution in [3.8, 4) is 0 Å². The minimum atomic E-state index is -0.235. The Morgan fingerprint density at radius 1 is 1.46 bits per heavy atom. The number of nitrogens with zero attached hydrogens (tertiary/aromatic N) is 2. The van der Waals surface area contributed by atoms with Crippen LogP contribution in [0.15, 0.2) is 35.8 Å². The highest BCUT2D eigenvalue weighted by molar-refractivity contribution is 7.80. The third-order valence-electron chi connectivity index (χ3n) is 4.15. The number of nitrogens with one attached hydrogen (secondary N) is 1. The third kappa shape index (κ3) is 3.27. The van der Waals surface area contributed by atoms with Gasteiger partial charge in [-0.1, -0.05) is 6.07 Å². The van der Waals surface area contributed by atoms with Crippen molar-refractivity contribution < 1.29 is 9.53 Å². The highest BCUT2D eigenvalue weighted by atomic mass is 32.1. The summed E-state index contributed by atoms with van der Waals surface area (Å²) in [5, 5.41) is 6.11. The number of methoxy groups -OCH3 is 1. The molecule has 3 rings (SSSR count). The second-order valence-electron chi connectivity index (χ2n) is 5.61. The summed E-state index contributed by atoms with van der Waals surface area (Å²) in [4.78, 5) is 19.4. The summed E-state index contributed by atoms with van der Waals surface area (Å²) in [6, 6.07) is 7.97. The smallest absolute Gasteiger partial charge is 0.307 e. The molecule has 1 saturated heterocycles. The number of ether oxygens (including phenoxy) is 1. The largest absolute Gasteiger partial charge is 0.469 e. The van der Waals surface area contributed by atoms with Crippen LogP contribution in [0.25, 0.3) is 0 Å². The van der Waals surface area contributed by atoms with Crippen LogP contribution in [0, 0.1) is 6.92 Å². The van der Waals surface area contributed by atoms with E-state index >= 15 is 0 Å². The summed E-state index contributed by atoms with van der Waals surface area (Å²) >= 11 is 7.25. The SMILES string of the molecule is COC(=O)CCN1C(=S)NC(c2ccccn2)C1c1sccc1C. The second-order valence-corrected chi connectivity index (χ2v) is 6.95. The zero-order chi connectivity index (χ0) is 17.1. The Kier molecular flexibility index (Phi) is 5.11. The first-order chi connectivity index (χ1) is 11.6. The Morgan fingerprint density at radius 2 is 2.29 bits per heavy atom. The maximum absolute atomic E-state index is 11.6. The predicted molar refractivity (Wildman–Crippen MR) is 97.8 cm³/mol. The van der Waals surface area contributed by atoms with Crippen molar-refractivity contribution in [2.24, 2.45) is 0 Å². The van der Waals surface area contributed by atoms with Crippen LogP contribution in [0.4, 0.5) is 0 Å². The van der Waals surface area contributed by atoms with Crippen molar-refractivity contribution in [2.75, 3.05) is 13.7 Å². The number of thiophene rings is 1. The van der Waals surface area contributed by atoms with E-state index in [9.17, 15) is 4.79 Å². The molecule has 126 valence electrons. The van der Waals surface area contributed by atoms with Crippen LogP contribution in [0.2, 0.25) is 0 Å². The third-order valence-corrected chi connectivity index (χ3v) is 5.59. The van der Waals surface area contributed by atoms with E-state index in [4.69, 9.17) is 17.0 Å². The summed E-state index contributed by atoms with van der Waals surface area (Å²) in [6.45, 7) is 2.62. The molecule has 24 heavy (non-hydrogen) atoms. The Balaban J connectivity index is 1.94. The van der Waals surface area contributed by atoms with Crippen LogP contribution in [0.5, 0.6) is 0 Å². The predicted octanol–water partition coefficient (Wildman–Crippen LogP) is 2.99. The maximum Gasteiger partial charge on any atom is 0.307 e. The number of carbonyl (C=O) groups excluding carboxylic acids is 1. The molecular weight excluding hydrogens is 342 g/mol. The first-order valence-electron chi connectivity index (χ1n) is 7.70. The highest BCUT2D eigenvalue weighted by Crippen LogP contribution is 2.41. The zero-order valence-electron chi connectivity index (χ0n) is 13.6. The maximum atomic E-state index is 11.6. The van der Waals surface area contributed by atoms with E-state index in [-0.39, 0.29) is 18.1 Å². The quantitative estimate of drug-likeness (QED) is 0.653. The minimum Gasteiger partial charge on any atom is -0.469 e. The van der Waals surface area contributed by atoms with Crippen molar-refractivity contribution in [1.82, 2.24) is 15.2 Å². The summed E-state index contributed by atoms with van der Waals surface area (Å²) in [5.74, 6) is -0.235. The lowest BCUT2D eigenvalue weighted by atomic mass is 10.0. The Hall–Kier alpha value is -1.99. The number of aryl methyl sites for hydroxylation is 1. The number of aromatic nitrogens is 1. The number of thiocarbonyl (C=S) groups is 1. The lowest BCUT2D eigenvalue weighted by Crippen LogP contribution is -2.31. The molecule has 7 heteroatoms. The highest BCUT2D eigenvalue weighted by Gasteiger charge is 2.40. The van der Waals surface area contributed by atoms with Crippen molar-refractivity contribution >= 4 is 34.6 Å². The summed E-state index contributed by atoms with van der Waals surface area (Å²) in [6.07, 6.45) is 2.09. The molecule has 2 unspecified atom stereocenters. The van der Waals surface area contributed by atoms with Gasteiger partial charge in [0.25, 0.3) is 0 Å². The van der Waals surface area contributed by atoms with Crippen molar-refractivity contribution in [1.29, 1.82) is 0 Å². The van der Waals surface area contributed by atoms with Crippen molar-refractivity contribution in [3.05, 3.63) is 52.0 Å². The molecule has 0 radical (unpaired) electrons. The number of esters is 1. The first kappa shape index (κ1) is 16.9. The molecule has 2 atom stereocenters. The molecule has 1 N–H and O–H groups in total. The van der Waals surface area contributed by atoms with E-state index in [1.54, 1.807) is 17.5 Å². The molecule has 1 fully saturated rings. The molecule has 0 aliphatic carbocycles. The van der Waals surface area contributed by atoms with Gasteiger partial charge in [0.1, 0.15) is 0 Å². The standard InChI is InChI=1S/C17H19N3O2S2/c1-11-7-10-24-16(11)15-14(12-5-3-4-8-18-12)19-17(23)20(15)9-6-13(21)22-2/h3-5,7-8,10,14-15H,6,9H2,1-2H3,(H,19,23). The molecule has 0 aromatic carbocycles. The van der Waals surface area contributed by atoms with E-state index in [1.165, 1.54) is 17.6 Å². The normalized spacial score (nSPS) is 20.1. The molecular formula is C17H19N3O2S2. The summed E-state index contributed by atoms with van der Waals surface area (Å²) in [5.41, 5.74) is 2.17. The lowest BCUT2D eigenvalue weighted by molar-refractivity contribution is -0.140. The summed E-state index contributed by atoms with van der Waals surface area (Å²) in [7, 11) is 1.40. The Bertz CT molecular complexity index is 732. The number of hydrogen-bond donors (Lipinski definition) is 1. The number of pyridine rings is 1. The van der Waals surface area contributed by atoms with Gasteiger partial charge in [-0.05, 0) is 48.3 Å². The van der Waals surface area contributed by atoms with Gasteiger partial charge >= 0.3 is 5.97 Å². The summed E-state index contributed by atoms with van der Waals surface area (Å²) < 4.78 is 4.77. The average Bonchev–Trinajstić information content (AvgIpc) is 3.16. The zero-order valence-corrected chi connectivity index (χ0v) is 15.2. The van der Waals surface area contributed by atoms with Crippen LogP contribution in [0.3, 0.4) is 0 Å². The molecule has 1 aliphatic heterocycles. The fourth-order valence-corrected chi connectivity index (χ4v) is 4.34. The van der Waals surface area contributed by atoms with Gasteiger partial charge in [0.15, 0.2) is 5.11 Å². The minimum absolute atomic E-state index is 0.0251. The molecule has 5 nitrogen and oxygen atoms in total. The van der Waals surface area contributed by atoms with Gasteiger partial charge in [-0.3, -0.25) is 9.78 Å². The molecule has 3 heterocycles. The van der Waals surface area contributed by atoms with E-state index < -0.39 is 0 Å². The monoisotopic (exact) mass is 361 g/mol. The molecule has 0 spiro atoms. The van der Waals surface area contributed by atoms with E-state index in [2.05, 4.69) is 33.6 Å². The second kappa shape index (κ2) is 7.27. The topological polar surface area (TPSA) is 54.5 Å². The van der Waals surface area contributed by atoms with Crippen LogP contribution < -0.4 is 5.32 Å². The van der Waals surface area contributed by atoms with Gasteiger partial charge in [0.05, 0.1) is 31.3 Å². The van der Waals surface area contributed by atoms with E-state index in [0.717, 1.165) is 5.69 Å². The van der Waals surface area contributed by atoms with Gasteiger partial charge < -0.3 is 15.0 Å². The number of carbonyl (C=O) groups is 1. The fourth-order valence-electron chi connectivity index (χ4n) is 2.93. The van der Waals surface area contributed by atoms with Crippen LogP contribution >= 0.6 is 23.6 Å². The lowest BCUT2D eigenvalue weighted by Gasteiger charge is -2.27. The Labute approximate surface area is 150 Å². The molecule has 0 amide bonds. The van der Waals surface area contributed by atoms with Crippen LogP contribution in [0.1, 0.15) is 34.6 Å². The molecule has 2 aromatic rings. The number of hydrogen-bond acceptors (Lipinski definition) is 5. The first-order valence-corrected chi connectivity index (χ1v) is 8.99. The van der Waals surface area contributed by atoms with E-state index in [1.807, 2.05) is 18.2 Å².